The number of hydrogen-bond donors (Lipinski definition) is 7. The number of methoxy groups -OCH3 is 1. The fourth-order valence-electron chi connectivity index (χ4n) is 15.0. The number of fused-ring (bicyclic) bond motifs is 4. The van der Waals surface area contributed by atoms with Crippen molar-refractivity contribution in [3.8, 4) is 0 Å². The Bertz CT molecular complexity index is 3480. The molecule has 0 saturated heterocycles. The van der Waals surface area contributed by atoms with Gasteiger partial charge in [0.15, 0.2) is 28.0 Å². The zero-order chi connectivity index (χ0) is 101. The van der Waals surface area contributed by atoms with Crippen LogP contribution in [-0.4, -0.2) is 163 Å². The zero-order valence-corrected chi connectivity index (χ0v) is 75.2. The third-order valence-electron chi connectivity index (χ3n) is 27.0. The number of esters is 3. The molecule has 16 atom stereocenters. The maximum atomic E-state index is 13.8. The second-order valence-corrected chi connectivity index (χ2v) is 37.8. The van der Waals surface area contributed by atoms with Crippen LogP contribution in [0.5, 0.6) is 0 Å². The summed E-state index contributed by atoms with van der Waals surface area (Å²) in [5.41, 5.74) is -30.4. The summed E-state index contributed by atoms with van der Waals surface area (Å²) in [7, 11) is 1.42. The highest BCUT2D eigenvalue weighted by Crippen LogP contribution is 2.61. The predicted molar refractivity (Wildman–Crippen MR) is 407 cm³/mol. The Morgan fingerprint density at radius 1 is 0.402 bits per heavy atom. The number of ether oxygens (including phenoxy) is 3. The van der Waals surface area contributed by atoms with E-state index < -0.39 is 190 Å². The Balaban J connectivity index is 0.00000149. The fraction of sp³-hybridized carbons (Fsp3) is 0.893. The van der Waals surface area contributed by atoms with E-state index in [0.29, 0.717) is 91.0 Å². The van der Waals surface area contributed by atoms with Gasteiger partial charge in [-0.25, -0.2) is 0 Å². The van der Waals surface area contributed by atoms with Crippen LogP contribution < -0.4 is 0 Å². The average Bonchev–Trinajstić information content (AvgIpc) is 1.71. The quantitative estimate of drug-likeness (QED) is 0.0308. The number of alkyl halides is 30. The van der Waals surface area contributed by atoms with E-state index in [4.69, 9.17) is 24.8 Å². The lowest BCUT2D eigenvalue weighted by atomic mass is 9.69. The Morgan fingerprint density at radius 3 is 1.07 bits per heavy atom. The van der Waals surface area contributed by atoms with Crippen molar-refractivity contribution in [2.75, 3.05) is 13.7 Å². The molecule has 1 aromatic rings. The molecule has 43 heteroatoms. The van der Waals surface area contributed by atoms with Gasteiger partial charge in [-0.2, -0.15) is 132 Å². The molecule has 1 aromatic carbocycles. The van der Waals surface area contributed by atoms with Gasteiger partial charge in [0.2, 0.25) is 5.60 Å². The van der Waals surface area contributed by atoms with Gasteiger partial charge in [0.25, 0.3) is 11.2 Å². The van der Waals surface area contributed by atoms with Gasteiger partial charge in [-0.15, -0.1) is 0 Å². The molecular weight excluding hydrogens is 1790 g/mol. The lowest BCUT2D eigenvalue weighted by Crippen LogP contribution is -2.58. The van der Waals surface area contributed by atoms with Gasteiger partial charge in [-0.05, 0) is 274 Å². The number of rotatable bonds is 23. The summed E-state index contributed by atoms with van der Waals surface area (Å²) in [6, 6.07) is 2.60. The molecule has 13 nitrogen and oxygen atoms in total. The Morgan fingerprint density at radius 2 is 0.780 bits per heavy atom. The lowest BCUT2D eigenvalue weighted by Gasteiger charge is -2.45. The third kappa shape index (κ3) is 30.9. The van der Waals surface area contributed by atoms with Crippen LogP contribution in [0.25, 0.3) is 0 Å². The van der Waals surface area contributed by atoms with Gasteiger partial charge in [0, 0.05) is 12.3 Å². The van der Waals surface area contributed by atoms with Gasteiger partial charge in [0.05, 0.1) is 30.0 Å². The molecule has 5 aliphatic carbocycles. The average molecular weight is 1920 g/mol. The molecule has 5 fully saturated rings. The van der Waals surface area contributed by atoms with Crippen molar-refractivity contribution < 1.29 is 196 Å². The SMILES string of the molecule is CC1C2CC(CC(O)(C(F)(F)F)C(F)(F)F)C(C2)C1C.CCC(C)(C)C(=O)OC.CCC(C)(C)C(=O)OC(C)(C1CCC(C(C)(O)C(F)(F)F)CC1)C(F)(F)F.CCC(C)(C)C(=O)OCCC(C)(O)C(F)(F)F.CCC(C)CC(C)(O)C(F)(F)F.CCC(C)c1cc(C(C)(O)C(F)(F)F)cc(C(C)(O)C(F)(F)F)c1.OC(CC1CC2CCC1C2)(C(F)(F)F)C(F)(F)F. The van der Waals surface area contributed by atoms with Crippen molar-refractivity contribution in [3.63, 3.8) is 0 Å². The second-order valence-electron chi connectivity index (χ2n) is 37.8. The molecule has 127 heavy (non-hydrogen) atoms. The van der Waals surface area contributed by atoms with Crippen molar-refractivity contribution in [1.82, 2.24) is 0 Å². The van der Waals surface area contributed by atoms with Gasteiger partial charge in [-0.1, -0.05) is 87.3 Å². The van der Waals surface area contributed by atoms with Gasteiger partial charge < -0.3 is 50.0 Å². The number of benzene rings is 1. The van der Waals surface area contributed by atoms with E-state index in [1.54, 1.807) is 55.4 Å². The summed E-state index contributed by atoms with van der Waals surface area (Å²) < 4.78 is 397. The first-order chi connectivity index (χ1) is 56.1. The smallest absolute Gasteiger partial charge is 0.428 e. The third-order valence-corrected chi connectivity index (χ3v) is 27.0. The molecule has 0 heterocycles. The molecule has 752 valence electrons. The van der Waals surface area contributed by atoms with E-state index in [9.17, 15) is 167 Å². The molecule has 6 rings (SSSR count). The highest BCUT2D eigenvalue weighted by molar-refractivity contribution is 5.77. The molecule has 5 aliphatic rings. The summed E-state index contributed by atoms with van der Waals surface area (Å²) in [6.45, 7) is 29.5. The summed E-state index contributed by atoms with van der Waals surface area (Å²) in [4.78, 5) is 34.5. The maximum Gasteiger partial charge on any atom is 0.428 e. The standard InChI is InChI=1S/C18H28F6O3.C16H20F6O2.C13H18F6O.C11H14F6O.C11H19F3O3.C8H15F3O.C7H14O2/c1-6-14(2,3)13(25)27-16(5,18(22,23)24)12-9-7-11(8-10-12)15(4,26)17(19,20)21;1-5-9(2)10-6-11(13(3,23)15(17,18)19)8-12(7-10)14(4,24)16(20,21)22;1-6-7(2)10-4-8(6)3-9(10)5-11(20,12(14,15)16)13(17,18)19;12-10(13,14)9(18,11(15,16)17)5-8-4-6-1-2-7(8)3-6;1-5-9(2,3)8(15)17-7-6-10(4,16)11(12,13)14;1-4-6(2)5-7(3,12)8(9,10)11;1-5-7(2,3)6(8)9-4/h11-12,26H,6-10H2,1-5H3;6-9,23-24H,5H2,1-4H3;6-10,20H,3-5H2,1-2H3;6-8,18H,1-5H2;16H,5-7H2,1-4H3;6,12H,4-5H2,1-3H3;5H2,1-4H3. The summed E-state index contributed by atoms with van der Waals surface area (Å²) >= 11 is 0. The molecule has 0 aromatic heterocycles. The van der Waals surface area contributed by atoms with Crippen LogP contribution >= 0.6 is 0 Å². The van der Waals surface area contributed by atoms with Crippen molar-refractivity contribution in [2.45, 2.75) is 380 Å². The first-order valence-electron chi connectivity index (χ1n) is 41.5. The number of hydrogen-bond acceptors (Lipinski definition) is 13. The fourth-order valence-corrected chi connectivity index (χ4v) is 15.0. The van der Waals surface area contributed by atoms with Crippen LogP contribution in [-0.2, 0) is 39.8 Å². The first kappa shape index (κ1) is 122. The van der Waals surface area contributed by atoms with Crippen molar-refractivity contribution in [2.24, 2.45) is 81.3 Å². The van der Waals surface area contributed by atoms with Crippen LogP contribution in [0.15, 0.2) is 18.2 Å². The molecule has 4 bridgehead atoms. The molecule has 16 unspecified atom stereocenters. The van der Waals surface area contributed by atoms with Gasteiger partial charge >= 0.3 is 79.7 Å². The van der Waals surface area contributed by atoms with Crippen molar-refractivity contribution in [3.05, 3.63) is 34.9 Å². The number of halogens is 30. The van der Waals surface area contributed by atoms with Crippen LogP contribution in [0.1, 0.15) is 290 Å². The normalized spacial score (nSPS) is 25.1. The molecular formula is C84H128F30O13. The minimum Gasteiger partial charge on any atom is -0.469 e. The number of carbonyl (C=O) groups is 3. The van der Waals surface area contributed by atoms with E-state index in [0.717, 1.165) is 38.8 Å². The summed E-state index contributed by atoms with van der Waals surface area (Å²) in [6.07, 6.45) is -49.8. The van der Waals surface area contributed by atoms with E-state index in [1.165, 1.54) is 21.0 Å². The minimum absolute atomic E-state index is 0.0915. The summed E-state index contributed by atoms with van der Waals surface area (Å²) in [5.74, 6) is -5.25. The van der Waals surface area contributed by atoms with E-state index in [-0.39, 0.29) is 96.9 Å². The monoisotopic (exact) mass is 1910 g/mol. The van der Waals surface area contributed by atoms with Gasteiger partial charge in [0.1, 0.15) is 0 Å². The summed E-state index contributed by atoms with van der Waals surface area (Å²) in [5, 5.41) is 65.9. The molecule has 5 saturated carbocycles. The predicted octanol–water partition coefficient (Wildman–Crippen LogP) is 25.0. The number of carbonyl (C=O) groups excluding carboxylic acids is 3. The first-order valence-corrected chi connectivity index (χ1v) is 41.5. The second kappa shape index (κ2) is 43.3. The molecule has 0 spiro atoms. The van der Waals surface area contributed by atoms with Crippen molar-refractivity contribution >= 4 is 17.9 Å². The van der Waals surface area contributed by atoms with Crippen LogP contribution in [0.3, 0.4) is 0 Å². The van der Waals surface area contributed by atoms with Crippen LogP contribution in [0.2, 0.25) is 0 Å². The largest absolute Gasteiger partial charge is 0.469 e. The minimum atomic E-state index is -5.69. The van der Waals surface area contributed by atoms with E-state index in [2.05, 4.69) is 4.74 Å². The zero-order valence-electron chi connectivity index (χ0n) is 75.2. The lowest BCUT2D eigenvalue weighted by molar-refractivity contribution is -0.374. The van der Waals surface area contributed by atoms with E-state index in [1.807, 2.05) is 34.6 Å². The van der Waals surface area contributed by atoms with Crippen LogP contribution in [0, 0.1) is 81.3 Å². The molecule has 7 N–H and O–H groups in total. The van der Waals surface area contributed by atoms with E-state index >= 15 is 0 Å². The Labute approximate surface area is 721 Å². The van der Waals surface area contributed by atoms with Gasteiger partial charge in [-0.3, -0.25) is 14.4 Å². The molecule has 0 aliphatic heterocycles. The van der Waals surface area contributed by atoms with Crippen LogP contribution in [0.4, 0.5) is 132 Å². The van der Waals surface area contributed by atoms with Crippen molar-refractivity contribution in [1.29, 1.82) is 0 Å². The maximum absolute atomic E-state index is 13.8. The molecule has 0 radical (unpaired) electrons. The highest BCUT2D eigenvalue weighted by Gasteiger charge is 2.73. The Kier molecular flexibility index (Phi) is 41.7. The number of aliphatic hydroxyl groups is 7. The molecule has 0 amide bonds. The topological polar surface area (TPSA) is 221 Å². The highest BCUT2D eigenvalue weighted by atomic mass is 19.5. The Hall–Kier alpha value is -4.75.